The van der Waals surface area contributed by atoms with Gasteiger partial charge in [-0.2, -0.15) is 11.8 Å². The van der Waals surface area contributed by atoms with Crippen LogP contribution in [0.5, 0.6) is 5.75 Å². The van der Waals surface area contributed by atoms with Crippen LogP contribution in [0.4, 0.5) is 0 Å². The fourth-order valence-corrected chi connectivity index (χ4v) is 2.31. The van der Waals surface area contributed by atoms with Crippen LogP contribution in [0.25, 0.3) is 0 Å². The van der Waals surface area contributed by atoms with E-state index in [0.29, 0.717) is 5.75 Å². The predicted molar refractivity (Wildman–Crippen MR) is 76.9 cm³/mol. The average molecular weight is 253 g/mol. The van der Waals surface area contributed by atoms with Crippen LogP contribution in [0.15, 0.2) is 18.2 Å². The molecule has 0 spiro atoms. The van der Waals surface area contributed by atoms with Gasteiger partial charge in [0.05, 0.1) is 0 Å². The normalized spacial score (nSPS) is 12.6. The van der Waals surface area contributed by atoms with Crippen molar-refractivity contribution in [3.63, 3.8) is 0 Å². The van der Waals surface area contributed by atoms with Crippen molar-refractivity contribution >= 4 is 11.8 Å². The molecule has 0 saturated heterocycles. The fraction of sp³-hybridized carbons (Fsp3) is 0.571. The highest BCUT2D eigenvalue weighted by molar-refractivity contribution is 7.98. The Balaban J connectivity index is 2.41. The molecule has 3 heteroatoms. The number of benzene rings is 1. The predicted octanol–water partition coefficient (Wildman–Crippen LogP) is 3.49. The van der Waals surface area contributed by atoms with Crippen molar-refractivity contribution < 1.29 is 5.11 Å². The molecule has 0 aliphatic rings. The number of phenolic OH excluding ortho intramolecular Hbond substituents is 1. The second-order valence-electron chi connectivity index (χ2n) is 4.44. The van der Waals surface area contributed by atoms with Gasteiger partial charge < -0.3 is 10.4 Å². The van der Waals surface area contributed by atoms with Crippen molar-refractivity contribution in [2.75, 3.05) is 18.6 Å². The number of rotatable bonds is 7. The first-order chi connectivity index (χ1) is 8.15. The van der Waals surface area contributed by atoms with Crippen LogP contribution in [0.1, 0.15) is 36.9 Å². The van der Waals surface area contributed by atoms with Crippen molar-refractivity contribution in [3.8, 4) is 5.75 Å². The van der Waals surface area contributed by atoms with Gasteiger partial charge in [-0.05, 0) is 51.3 Å². The van der Waals surface area contributed by atoms with Crippen molar-refractivity contribution in [3.05, 3.63) is 29.3 Å². The van der Waals surface area contributed by atoms with Gasteiger partial charge in [0.2, 0.25) is 0 Å². The van der Waals surface area contributed by atoms with Gasteiger partial charge in [0, 0.05) is 11.6 Å². The molecule has 0 saturated carbocycles. The molecule has 1 aromatic carbocycles. The van der Waals surface area contributed by atoms with E-state index in [0.717, 1.165) is 12.1 Å². The molecule has 1 aromatic rings. The number of hydrogen-bond donors (Lipinski definition) is 2. The van der Waals surface area contributed by atoms with Crippen molar-refractivity contribution in [2.45, 2.75) is 32.7 Å². The number of unbranched alkanes of at least 4 members (excludes halogenated alkanes) is 1. The summed E-state index contributed by atoms with van der Waals surface area (Å²) >= 11 is 1.89. The van der Waals surface area contributed by atoms with Crippen LogP contribution in [0, 0.1) is 6.92 Å². The van der Waals surface area contributed by atoms with E-state index in [4.69, 9.17) is 0 Å². The SMILES string of the molecule is CSCCCCNC(C)c1cc(C)ccc1O. The first-order valence-electron chi connectivity index (χ1n) is 6.17. The Bertz CT molecular complexity index is 341. The summed E-state index contributed by atoms with van der Waals surface area (Å²) in [5.74, 6) is 1.62. The van der Waals surface area contributed by atoms with Crippen LogP contribution >= 0.6 is 11.8 Å². The average Bonchev–Trinajstić information content (AvgIpc) is 2.32. The third-order valence-electron chi connectivity index (χ3n) is 2.88. The maximum Gasteiger partial charge on any atom is 0.120 e. The highest BCUT2D eigenvalue weighted by Crippen LogP contribution is 2.24. The van der Waals surface area contributed by atoms with E-state index < -0.39 is 0 Å². The minimum atomic E-state index is 0.212. The number of aryl methyl sites for hydroxylation is 1. The molecule has 0 bridgehead atoms. The highest BCUT2D eigenvalue weighted by Gasteiger charge is 2.09. The van der Waals surface area contributed by atoms with E-state index in [1.165, 1.54) is 24.2 Å². The molecule has 1 rings (SSSR count). The molecule has 17 heavy (non-hydrogen) atoms. The van der Waals surface area contributed by atoms with E-state index in [-0.39, 0.29) is 6.04 Å². The molecule has 96 valence electrons. The Morgan fingerprint density at radius 1 is 1.35 bits per heavy atom. The molecule has 0 aliphatic carbocycles. The summed E-state index contributed by atoms with van der Waals surface area (Å²) in [6.07, 6.45) is 4.58. The summed E-state index contributed by atoms with van der Waals surface area (Å²) in [5.41, 5.74) is 2.18. The zero-order chi connectivity index (χ0) is 12.7. The van der Waals surface area contributed by atoms with Crippen molar-refractivity contribution in [1.29, 1.82) is 0 Å². The van der Waals surface area contributed by atoms with E-state index in [2.05, 4.69) is 24.6 Å². The summed E-state index contributed by atoms with van der Waals surface area (Å²) in [6, 6.07) is 5.97. The smallest absolute Gasteiger partial charge is 0.120 e. The summed E-state index contributed by atoms with van der Waals surface area (Å²) in [5, 5.41) is 13.3. The summed E-state index contributed by atoms with van der Waals surface area (Å²) < 4.78 is 0. The molecule has 0 heterocycles. The van der Waals surface area contributed by atoms with E-state index >= 15 is 0 Å². The lowest BCUT2D eigenvalue weighted by atomic mass is 10.0. The molecular formula is C14H23NOS. The quantitative estimate of drug-likeness (QED) is 0.730. The fourth-order valence-electron chi connectivity index (χ4n) is 1.82. The third kappa shape index (κ3) is 5.00. The lowest BCUT2D eigenvalue weighted by Crippen LogP contribution is -2.20. The molecular weight excluding hydrogens is 230 g/mol. The number of phenols is 1. The molecule has 1 unspecified atom stereocenters. The molecule has 0 amide bonds. The van der Waals surface area contributed by atoms with Crippen molar-refractivity contribution in [1.82, 2.24) is 5.32 Å². The molecule has 0 fully saturated rings. The van der Waals surface area contributed by atoms with Gasteiger partial charge in [-0.15, -0.1) is 0 Å². The maximum atomic E-state index is 9.80. The summed E-state index contributed by atoms with van der Waals surface area (Å²) in [6.45, 7) is 5.16. The maximum absolute atomic E-state index is 9.80. The van der Waals surface area contributed by atoms with Gasteiger partial charge in [-0.3, -0.25) is 0 Å². The van der Waals surface area contributed by atoms with Crippen LogP contribution in [0.2, 0.25) is 0 Å². The second-order valence-corrected chi connectivity index (χ2v) is 5.42. The van der Waals surface area contributed by atoms with Gasteiger partial charge in [-0.1, -0.05) is 17.7 Å². The standard InChI is InChI=1S/C14H23NOS/c1-11-6-7-14(16)13(10-11)12(2)15-8-4-5-9-17-3/h6-7,10,12,15-16H,4-5,8-9H2,1-3H3. The Morgan fingerprint density at radius 2 is 2.12 bits per heavy atom. The van der Waals surface area contributed by atoms with Crippen molar-refractivity contribution in [2.24, 2.45) is 0 Å². The zero-order valence-electron chi connectivity index (χ0n) is 11.0. The van der Waals surface area contributed by atoms with Gasteiger partial charge in [0.25, 0.3) is 0 Å². The minimum Gasteiger partial charge on any atom is -0.508 e. The molecule has 2 N–H and O–H groups in total. The number of nitrogens with one attached hydrogen (secondary N) is 1. The van der Waals surface area contributed by atoms with Crippen LogP contribution < -0.4 is 5.32 Å². The molecule has 1 atom stereocenters. The molecule has 0 aliphatic heterocycles. The lowest BCUT2D eigenvalue weighted by molar-refractivity contribution is 0.451. The Morgan fingerprint density at radius 3 is 2.82 bits per heavy atom. The van der Waals surface area contributed by atoms with Gasteiger partial charge in [0.1, 0.15) is 5.75 Å². The largest absolute Gasteiger partial charge is 0.508 e. The summed E-state index contributed by atoms with van der Waals surface area (Å²) in [7, 11) is 0. The first kappa shape index (κ1) is 14.4. The van der Waals surface area contributed by atoms with Crippen LogP contribution in [-0.2, 0) is 0 Å². The van der Waals surface area contributed by atoms with Gasteiger partial charge >= 0.3 is 0 Å². The molecule has 0 radical (unpaired) electrons. The zero-order valence-corrected chi connectivity index (χ0v) is 11.8. The summed E-state index contributed by atoms with van der Waals surface area (Å²) in [4.78, 5) is 0. The van der Waals surface area contributed by atoms with E-state index in [9.17, 15) is 5.11 Å². The Kier molecular flexibility index (Phi) is 6.45. The lowest BCUT2D eigenvalue weighted by Gasteiger charge is -2.16. The first-order valence-corrected chi connectivity index (χ1v) is 7.56. The number of hydrogen-bond acceptors (Lipinski definition) is 3. The van der Waals surface area contributed by atoms with Crippen LogP contribution in [0.3, 0.4) is 0 Å². The molecule has 2 nitrogen and oxygen atoms in total. The topological polar surface area (TPSA) is 32.3 Å². The minimum absolute atomic E-state index is 0.212. The van der Waals surface area contributed by atoms with E-state index in [1.807, 2.05) is 24.8 Å². The van der Waals surface area contributed by atoms with E-state index in [1.54, 1.807) is 6.07 Å². The van der Waals surface area contributed by atoms with Gasteiger partial charge in [0.15, 0.2) is 0 Å². The second kappa shape index (κ2) is 7.62. The number of aromatic hydroxyl groups is 1. The number of thioether (sulfide) groups is 1. The monoisotopic (exact) mass is 253 g/mol. The Hall–Kier alpha value is -0.670. The third-order valence-corrected chi connectivity index (χ3v) is 3.57. The van der Waals surface area contributed by atoms with Gasteiger partial charge in [-0.25, -0.2) is 0 Å². The Labute approximate surface area is 109 Å². The highest BCUT2D eigenvalue weighted by atomic mass is 32.2. The van der Waals surface area contributed by atoms with Crippen LogP contribution in [-0.4, -0.2) is 23.7 Å². The molecule has 0 aromatic heterocycles.